The maximum Gasteiger partial charge on any atom is 0.256 e. The molecule has 0 aliphatic carbocycles. The molecule has 1 amide bonds. The van der Waals surface area contributed by atoms with Gasteiger partial charge >= 0.3 is 0 Å². The molecule has 3 aromatic rings. The van der Waals surface area contributed by atoms with Crippen molar-refractivity contribution in [2.45, 2.75) is 0 Å². The molecule has 1 N–H and O–H groups in total. The number of nitrogens with one attached hydrogen (secondary N) is 1. The van der Waals surface area contributed by atoms with Crippen molar-refractivity contribution in [1.29, 1.82) is 0 Å². The summed E-state index contributed by atoms with van der Waals surface area (Å²) in [4.78, 5) is 23.0. The summed E-state index contributed by atoms with van der Waals surface area (Å²) in [6, 6.07) is 16.2. The minimum Gasteiger partial charge on any atom is -0.485 e. The lowest BCUT2D eigenvalue weighted by atomic mass is 10.0. The van der Waals surface area contributed by atoms with Gasteiger partial charge in [0.25, 0.3) is 5.91 Å². The van der Waals surface area contributed by atoms with Crippen LogP contribution in [0, 0.1) is 5.82 Å². The number of hydrogen-bond donors (Lipinski definition) is 1. The molecule has 0 unspecified atom stereocenters. The fraction of sp³-hybridized carbons (Fsp3) is 0.0526. The Bertz CT molecular complexity index is 908. The maximum atomic E-state index is 13.2. The normalized spacial score (nSPS) is 10.4. The molecule has 0 bridgehead atoms. The van der Waals surface area contributed by atoms with E-state index in [2.05, 4.69) is 5.32 Å². The number of aldehydes is 1. The van der Waals surface area contributed by atoms with Gasteiger partial charge in [-0.3, -0.25) is 9.59 Å². The van der Waals surface area contributed by atoms with Gasteiger partial charge in [0.15, 0.2) is 6.29 Å². The number of carbonyl (C=O) groups is 2. The summed E-state index contributed by atoms with van der Waals surface area (Å²) >= 11 is 0. The Hall–Kier alpha value is -3.21. The molecule has 120 valence electrons. The third-order valence-corrected chi connectivity index (χ3v) is 3.52. The van der Waals surface area contributed by atoms with Gasteiger partial charge in [0.2, 0.25) is 0 Å². The van der Waals surface area contributed by atoms with E-state index in [1.807, 2.05) is 18.2 Å². The molecule has 0 radical (unpaired) electrons. The molecule has 0 aliphatic heterocycles. The summed E-state index contributed by atoms with van der Waals surface area (Å²) in [5, 5.41) is 4.10. The van der Waals surface area contributed by atoms with E-state index in [9.17, 15) is 14.0 Å². The Balaban J connectivity index is 1.97. The van der Waals surface area contributed by atoms with Crippen LogP contribution in [0.15, 0.2) is 60.7 Å². The van der Waals surface area contributed by atoms with E-state index >= 15 is 0 Å². The van der Waals surface area contributed by atoms with Gasteiger partial charge in [-0.05, 0) is 35.7 Å². The fourth-order valence-corrected chi connectivity index (χ4v) is 2.48. The van der Waals surface area contributed by atoms with Crippen LogP contribution in [-0.4, -0.2) is 18.8 Å². The van der Waals surface area contributed by atoms with Gasteiger partial charge in [-0.25, -0.2) is 4.39 Å². The zero-order chi connectivity index (χ0) is 16.9. The third kappa shape index (κ3) is 3.25. The molecule has 0 spiro atoms. The summed E-state index contributed by atoms with van der Waals surface area (Å²) in [7, 11) is 0. The number of halogens is 1. The van der Waals surface area contributed by atoms with Gasteiger partial charge < -0.3 is 10.1 Å². The van der Waals surface area contributed by atoms with E-state index in [1.54, 1.807) is 24.3 Å². The van der Waals surface area contributed by atoms with Crippen molar-refractivity contribution in [1.82, 2.24) is 0 Å². The van der Waals surface area contributed by atoms with E-state index in [-0.39, 0.29) is 12.5 Å². The van der Waals surface area contributed by atoms with Crippen LogP contribution in [0.2, 0.25) is 0 Å². The molecule has 0 aliphatic rings. The van der Waals surface area contributed by atoms with Gasteiger partial charge in [0, 0.05) is 16.6 Å². The molecule has 0 saturated heterocycles. The molecule has 3 rings (SSSR count). The molecular weight excluding hydrogens is 309 g/mol. The lowest BCUT2D eigenvalue weighted by Gasteiger charge is -2.11. The molecule has 0 atom stereocenters. The van der Waals surface area contributed by atoms with Crippen LogP contribution in [-0.2, 0) is 4.79 Å². The second-order valence-electron chi connectivity index (χ2n) is 5.10. The van der Waals surface area contributed by atoms with Gasteiger partial charge in [0.1, 0.15) is 18.2 Å². The molecule has 24 heavy (non-hydrogen) atoms. The van der Waals surface area contributed by atoms with Gasteiger partial charge in [-0.15, -0.1) is 0 Å². The average molecular weight is 323 g/mol. The summed E-state index contributed by atoms with van der Waals surface area (Å²) in [5.41, 5.74) is 0.818. The molecule has 0 heterocycles. The second-order valence-corrected chi connectivity index (χ2v) is 5.10. The van der Waals surface area contributed by atoms with Crippen molar-refractivity contribution < 1.29 is 18.7 Å². The zero-order valence-electron chi connectivity index (χ0n) is 12.7. The first-order valence-corrected chi connectivity index (χ1v) is 7.34. The Morgan fingerprint density at radius 2 is 1.83 bits per heavy atom. The summed E-state index contributed by atoms with van der Waals surface area (Å²) in [6.07, 6.45) is 0.666. The standard InChI is InChI=1S/C19H14FNO3/c20-13-4-3-5-14(12-13)21-19(23)17-8-9-18(24-11-10-22)16-7-2-1-6-15(16)17/h1-10,12H,11H2,(H,21,23). The van der Waals surface area contributed by atoms with E-state index < -0.39 is 5.82 Å². The number of fused-ring (bicyclic) bond motifs is 1. The predicted molar refractivity (Wildman–Crippen MR) is 89.9 cm³/mol. The Morgan fingerprint density at radius 1 is 1.04 bits per heavy atom. The molecule has 4 nitrogen and oxygen atoms in total. The summed E-state index contributed by atoms with van der Waals surface area (Å²) < 4.78 is 18.6. The van der Waals surface area contributed by atoms with E-state index in [0.717, 1.165) is 5.39 Å². The first kappa shape index (κ1) is 15.7. The maximum absolute atomic E-state index is 13.2. The van der Waals surface area contributed by atoms with Crippen molar-refractivity contribution in [2.75, 3.05) is 11.9 Å². The third-order valence-electron chi connectivity index (χ3n) is 3.52. The average Bonchev–Trinajstić information content (AvgIpc) is 2.59. The summed E-state index contributed by atoms with van der Waals surface area (Å²) in [6.45, 7) is -0.0567. The van der Waals surface area contributed by atoms with Crippen molar-refractivity contribution in [3.05, 3.63) is 72.0 Å². The second kappa shape index (κ2) is 6.91. The van der Waals surface area contributed by atoms with Crippen LogP contribution >= 0.6 is 0 Å². The molecule has 3 aromatic carbocycles. The molecule has 5 heteroatoms. The van der Waals surface area contributed by atoms with Crippen LogP contribution in [0.25, 0.3) is 10.8 Å². The van der Waals surface area contributed by atoms with E-state index in [1.165, 1.54) is 18.2 Å². The lowest BCUT2D eigenvalue weighted by Crippen LogP contribution is -2.12. The van der Waals surface area contributed by atoms with Gasteiger partial charge in [-0.1, -0.05) is 30.3 Å². The van der Waals surface area contributed by atoms with Crippen molar-refractivity contribution in [2.24, 2.45) is 0 Å². The zero-order valence-corrected chi connectivity index (χ0v) is 12.7. The topological polar surface area (TPSA) is 55.4 Å². The van der Waals surface area contributed by atoms with E-state index in [0.29, 0.717) is 28.7 Å². The van der Waals surface area contributed by atoms with Crippen molar-refractivity contribution in [3.63, 3.8) is 0 Å². The molecular formula is C19H14FNO3. The number of benzene rings is 3. The fourth-order valence-electron chi connectivity index (χ4n) is 2.48. The van der Waals surface area contributed by atoms with E-state index in [4.69, 9.17) is 4.74 Å². The highest BCUT2D eigenvalue weighted by Crippen LogP contribution is 2.29. The van der Waals surface area contributed by atoms with Crippen LogP contribution in [0.4, 0.5) is 10.1 Å². The highest BCUT2D eigenvalue weighted by atomic mass is 19.1. The smallest absolute Gasteiger partial charge is 0.256 e. The Morgan fingerprint density at radius 3 is 2.58 bits per heavy atom. The molecule has 0 saturated carbocycles. The van der Waals surface area contributed by atoms with Crippen LogP contribution in [0.3, 0.4) is 0 Å². The monoisotopic (exact) mass is 323 g/mol. The number of amides is 1. The lowest BCUT2D eigenvalue weighted by molar-refractivity contribution is -0.109. The SMILES string of the molecule is O=CCOc1ccc(C(=O)Nc2cccc(F)c2)c2ccccc12. The van der Waals surface area contributed by atoms with Crippen LogP contribution in [0.1, 0.15) is 10.4 Å². The number of ether oxygens (including phenoxy) is 1. The Labute approximate surface area is 137 Å². The predicted octanol–water partition coefficient (Wildman–Crippen LogP) is 3.81. The van der Waals surface area contributed by atoms with Crippen LogP contribution < -0.4 is 10.1 Å². The number of rotatable bonds is 5. The first-order valence-electron chi connectivity index (χ1n) is 7.34. The van der Waals surface area contributed by atoms with Crippen LogP contribution in [0.5, 0.6) is 5.75 Å². The van der Waals surface area contributed by atoms with Crippen molar-refractivity contribution >= 4 is 28.7 Å². The highest BCUT2D eigenvalue weighted by molar-refractivity contribution is 6.13. The molecule has 0 fully saturated rings. The molecule has 0 aromatic heterocycles. The number of anilines is 1. The highest BCUT2D eigenvalue weighted by Gasteiger charge is 2.13. The largest absolute Gasteiger partial charge is 0.485 e. The first-order chi connectivity index (χ1) is 11.7. The minimum atomic E-state index is -0.421. The quantitative estimate of drug-likeness (QED) is 0.727. The van der Waals surface area contributed by atoms with Gasteiger partial charge in [-0.2, -0.15) is 0 Å². The minimum absolute atomic E-state index is 0.0567. The summed E-state index contributed by atoms with van der Waals surface area (Å²) in [5.74, 6) is -0.242. The van der Waals surface area contributed by atoms with Crippen molar-refractivity contribution in [3.8, 4) is 5.75 Å². The Kier molecular flexibility index (Phi) is 4.52. The number of carbonyl (C=O) groups excluding carboxylic acids is 2. The number of hydrogen-bond acceptors (Lipinski definition) is 3. The van der Waals surface area contributed by atoms with Gasteiger partial charge in [0.05, 0.1) is 0 Å².